The van der Waals surface area contributed by atoms with Gasteiger partial charge < -0.3 is 0 Å². The number of hydrogen-bond acceptors (Lipinski definition) is 2. The van der Waals surface area contributed by atoms with Gasteiger partial charge in [-0.3, -0.25) is 0 Å². The van der Waals surface area contributed by atoms with E-state index in [1.807, 2.05) is 11.4 Å². The Morgan fingerprint density at radius 2 is 2.10 bits per heavy atom. The van der Waals surface area contributed by atoms with Crippen LogP contribution < -0.4 is 0 Å². The van der Waals surface area contributed by atoms with Crippen LogP contribution in [-0.2, 0) is 11.8 Å². The van der Waals surface area contributed by atoms with Crippen LogP contribution in [-0.4, -0.2) is 5.25 Å². The molecule has 0 bridgehead atoms. The van der Waals surface area contributed by atoms with Crippen molar-refractivity contribution >= 4 is 40.5 Å². The maximum atomic E-state index is 5.05. The summed E-state index contributed by atoms with van der Waals surface area (Å²) in [6, 6.07) is 0. The zero-order valence-electron chi connectivity index (χ0n) is 6.63. The SMILES string of the molecule is CCC(C)C(C)S[PH](=S)S. The van der Waals surface area contributed by atoms with Crippen LogP contribution in [0.3, 0.4) is 0 Å². The highest BCUT2D eigenvalue weighted by atomic mass is 33.2. The van der Waals surface area contributed by atoms with Gasteiger partial charge in [0.25, 0.3) is 0 Å². The van der Waals surface area contributed by atoms with Crippen molar-refractivity contribution in [3.8, 4) is 0 Å². The van der Waals surface area contributed by atoms with E-state index in [-0.39, 0.29) is 0 Å². The Labute approximate surface area is 78.9 Å². The Kier molecular flexibility index (Phi) is 6.73. The predicted octanol–water partition coefficient (Wildman–Crippen LogP) is 3.59. The third-order valence-corrected chi connectivity index (χ3v) is 6.31. The van der Waals surface area contributed by atoms with Gasteiger partial charge in [-0.15, -0.1) is 23.6 Å². The normalized spacial score (nSPS) is 20.0. The quantitative estimate of drug-likeness (QED) is 0.561. The molecule has 0 aromatic rings. The molecule has 0 spiro atoms. The molecule has 10 heavy (non-hydrogen) atoms. The van der Waals surface area contributed by atoms with Crippen LogP contribution in [0.4, 0.5) is 0 Å². The fraction of sp³-hybridized carbons (Fsp3) is 1.00. The van der Waals surface area contributed by atoms with Gasteiger partial charge in [-0.2, -0.15) is 0 Å². The summed E-state index contributed by atoms with van der Waals surface area (Å²) in [6.45, 7) is 6.73. The smallest absolute Gasteiger partial charge is 0.0425 e. The first-order valence-electron chi connectivity index (χ1n) is 3.47. The van der Waals surface area contributed by atoms with Gasteiger partial charge in [-0.25, -0.2) is 0 Å². The summed E-state index contributed by atoms with van der Waals surface area (Å²) in [6.07, 6.45) is 1.24. The first-order valence-corrected chi connectivity index (χ1v) is 9.00. The number of thiol groups is 1. The molecule has 62 valence electrons. The summed E-state index contributed by atoms with van der Waals surface area (Å²) in [5.74, 6) is 0.778. The summed E-state index contributed by atoms with van der Waals surface area (Å²) >= 11 is 11.2. The third-order valence-electron chi connectivity index (χ3n) is 1.73. The lowest BCUT2D eigenvalue weighted by Crippen LogP contribution is -2.06. The summed E-state index contributed by atoms with van der Waals surface area (Å²) in [5.41, 5.74) is 0. The molecule has 0 saturated heterocycles. The summed E-state index contributed by atoms with van der Waals surface area (Å²) in [7, 11) is 0. The average Bonchev–Trinajstić information content (AvgIpc) is 1.85. The van der Waals surface area contributed by atoms with Gasteiger partial charge in [0.15, 0.2) is 0 Å². The second-order valence-electron chi connectivity index (χ2n) is 2.47. The van der Waals surface area contributed by atoms with Crippen molar-refractivity contribution in [1.82, 2.24) is 0 Å². The molecule has 0 fully saturated rings. The molecule has 0 N–H and O–H groups in total. The molecule has 0 rings (SSSR count). The van der Waals surface area contributed by atoms with Gasteiger partial charge in [-0.1, -0.05) is 39.0 Å². The van der Waals surface area contributed by atoms with Gasteiger partial charge in [0.1, 0.15) is 0 Å². The predicted molar refractivity (Wildman–Crippen MR) is 61.2 cm³/mol. The van der Waals surface area contributed by atoms with Crippen molar-refractivity contribution in [2.75, 3.05) is 0 Å². The summed E-state index contributed by atoms with van der Waals surface area (Å²) in [5, 5.41) is -0.105. The Bertz CT molecular complexity index is 116. The molecule has 0 aliphatic heterocycles. The minimum Gasteiger partial charge on any atom is -0.134 e. The van der Waals surface area contributed by atoms with Crippen LogP contribution >= 0.6 is 28.7 Å². The van der Waals surface area contributed by atoms with E-state index in [0.717, 1.165) is 5.92 Å². The molecule has 0 amide bonds. The van der Waals surface area contributed by atoms with Gasteiger partial charge in [-0.05, 0) is 5.92 Å². The summed E-state index contributed by atoms with van der Waals surface area (Å²) < 4.78 is 0. The molecule has 3 atom stereocenters. The highest BCUT2D eigenvalue weighted by Gasteiger charge is 2.10. The molecule has 3 unspecified atom stereocenters. The van der Waals surface area contributed by atoms with Gasteiger partial charge >= 0.3 is 0 Å². The molecule has 4 heteroatoms. The Morgan fingerprint density at radius 3 is 2.40 bits per heavy atom. The maximum Gasteiger partial charge on any atom is 0.0425 e. The maximum absolute atomic E-state index is 5.05. The highest BCUT2D eigenvalue weighted by Crippen LogP contribution is 2.47. The van der Waals surface area contributed by atoms with E-state index in [0.29, 0.717) is 5.25 Å². The minimum absolute atomic E-state index is 0.689. The van der Waals surface area contributed by atoms with E-state index in [9.17, 15) is 0 Å². The monoisotopic (exact) mass is 214 g/mol. The molecule has 0 aliphatic carbocycles. The molecule has 0 aromatic heterocycles. The number of rotatable bonds is 4. The first-order chi connectivity index (χ1) is 4.57. The van der Waals surface area contributed by atoms with Gasteiger partial charge in [0, 0.05) is 10.4 Å². The fourth-order valence-corrected chi connectivity index (χ4v) is 5.86. The van der Waals surface area contributed by atoms with Crippen LogP contribution in [0.1, 0.15) is 27.2 Å². The Hall–Kier alpha value is 1.35. The lowest BCUT2D eigenvalue weighted by Gasteiger charge is -2.16. The van der Waals surface area contributed by atoms with Crippen LogP contribution in [0.2, 0.25) is 0 Å². The van der Waals surface area contributed by atoms with Crippen molar-refractivity contribution in [2.24, 2.45) is 5.92 Å². The molecule has 0 radical (unpaired) electrons. The second-order valence-corrected chi connectivity index (χ2v) is 11.1. The van der Waals surface area contributed by atoms with E-state index in [1.54, 1.807) is 0 Å². The lowest BCUT2D eigenvalue weighted by atomic mass is 10.1. The zero-order valence-corrected chi connectivity index (χ0v) is 10.2. The van der Waals surface area contributed by atoms with Crippen molar-refractivity contribution in [2.45, 2.75) is 32.4 Å². The second kappa shape index (κ2) is 5.93. The molecule has 0 heterocycles. The zero-order chi connectivity index (χ0) is 8.15. The fourth-order valence-electron chi connectivity index (χ4n) is 0.607. The average molecular weight is 214 g/mol. The first kappa shape index (κ1) is 11.4. The van der Waals surface area contributed by atoms with E-state index in [4.69, 9.17) is 11.8 Å². The lowest BCUT2D eigenvalue weighted by molar-refractivity contribution is 0.559. The van der Waals surface area contributed by atoms with Crippen molar-refractivity contribution < 1.29 is 0 Å². The van der Waals surface area contributed by atoms with Crippen LogP contribution in [0, 0.1) is 5.92 Å². The van der Waals surface area contributed by atoms with E-state index in [2.05, 4.69) is 33.0 Å². The van der Waals surface area contributed by atoms with E-state index >= 15 is 0 Å². The summed E-state index contributed by atoms with van der Waals surface area (Å²) in [4.78, 5) is 0. The van der Waals surface area contributed by atoms with Crippen LogP contribution in [0.15, 0.2) is 0 Å². The third kappa shape index (κ3) is 5.06. The van der Waals surface area contributed by atoms with Crippen molar-refractivity contribution in [3.05, 3.63) is 0 Å². The largest absolute Gasteiger partial charge is 0.134 e. The highest BCUT2D eigenvalue weighted by molar-refractivity contribution is 8.90. The van der Waals surface area contributed by atoms with E-state index < -0.39 is 5.10 Å². The van der Waals surface area contributed by atoms with Gasteiger partial charge in [0.05, 0.1) is 0 Å². The van der Waals surface area contributed by atoms with E-state index in [1.165, 1.54) is 6.42 Å². The number of hydrogen-bond donors (Lipinski definition) is 1. The standard InChI is InChI=1S/C6H15PS3/c1-4-5(2)6(3)10-7(8)9/h5-7H,4H2,1-3H3,(H,8,9). The molecular weight excluding hydrogens is 199 g/mol. The Morgan fingerprint density at radius 1 is 1.60 bits per heavy atom. The molecule has 0 saturated carbocycles. The molecule has 0 aliphatic rings. The molecular formula is C6H15PS3. The topological polar surface area (TPSA) is 0 Å². The van der Waals surface area contributed by atoms with Gasteiger partial charge in [0.2, 0.25) is 0 Å². The Balaban J connectivity index is 3.61. The van der Waals surface area contributed by atoms with Crippen molar-refractivity contribution in [3.63, 3.8) is 0 Å². The van der Waals surface area contributed by atoms with Crippen LogP contribution in [0.25, 0.3) is 0 Å². The van der Waals surface area contributed by atoms with Crippen LogP contribution in [0.5, 0.6) is 0 Å². The minimum atomic E-state index is -0.794. The molecule has 0 aromatic carbocycles. The molecule has 0 nitrogen and oxygen atoms in total. The van der Waals surface area contributed by atoms with Crippen molar-refractivity contribution in [1.29, 1.82) is 0 Å².